The summed E-state index contributed by atoms with van der Waals surface area (Å²) in [6, 6.07) is 5.47. The topological polar surface area (TPSA) is 76.1 Å². The fourth-order valence-corrected chi connectivity index (χ4v) is 3.87. The highest BCUT2D eigenvalue weighted by atomic mass is 16.5. The lowest BCUT2D eigenvalue weighted by Crippen LogP contribution is -2.33. The molecule has 0 aromatic heterocycles. The molecule has 1 saturated heterocycles. The maximum atomic E-state index is 12.9. The molecule has 0 unspecified atom stereocenters. The standard InChI is InChI=1S/C19H21NO5/c1-24-14-4-5-17-12(7-14)6-13(10-25-17)18(21)20-8-15(11-2-3-11)16(9-20)19(22)23/h4-7,11,15-16H,2-3,8-10H2,1H3,(H,22,23)/t15-,16+/m1/s1. The van der Waals surface area contributed by atoms with Crippen molar-refractivity contribution in [3.63, 3.8) is 0 Å². The molecule has 6 nitrogen and oxygen atoms in total. The number of likely N-dealkylation sites (tertiary alicyclic amines) is 1. The number of hydrogen-bond acceptors (Lipinski definition) is 4. The Hall–Kier alpha value is -2.50. The highest BCUT2D eigenvalue weighted by Gasteiger charge is 2.47. The first-order valence-electron chi connectivity index (χ1n) is 8.60. The number of aliphatic carboxylic acids is 1. The van der Waals surface area contributed by atoms with Crippen LogP contribution in [0.15, 0.2) is 23.8 Å². The maximum absolute atomic E-state index is 12.9. The van der Waals surface area contributed by atoms with Crippen molar-refractivity contribution in [1.82, 2.24) is 4.90 Å². The zero-order valence-electron chi connectivity index (χ0n) is 14.1. The Labute approximate surface area is 146 Å². The van der Waals surface area contributed by atoms with E-state index in [9.17, 15) is 14.7 Å². The largest absolute Gasteiger partial charge is 0.497 e. The monoisotopic (exact) mass is 343 g/mol. The van der Waals surface area contributed by atoms with E-state index in [1.165, 1.54) is 0 Å². The molecule has 25 heavy (non-hydrogen) atoms. The quantitative estimate of drug-likeness (QED) is 0.905. The van der Waals surface area contributed by atoms with Crippen LogP contribution < -0.4 is 9.47 Å². The van der Waals surface area contributed by atoms with Gasteiger partial charge in [0.1, 0.15) is 18.1 Å². The van der Waals surface area contributed by atoms with Gasteiger partial charge in [-0.1, -0.05) is 0 Å². The van der Waals surface area contributed by atoms with Crippen LogP contribution in [0, 0.1) is 17.8 Å². The van der Waals surface area contributed by atoms with Gasteiger partial charge in [0, 0.05) is 18.7 Å². The Morgan fingerprint density at radius 2 is 2.08 bits per heavy atom. The predicted octanol–water partition coefficient (Wildman–Crippen LogP) is 2.04. The lowest BCUT2D eigenvalue weighted by Gasteiger charge is -2.22. The van der Waals surface area contributed by atoms with Crippen LogP contribution in [0.25, 0.3) is 6.08 Å². The first-order valence-corrected chi connectivity index (χ1v) is 8.60. The fraction of sp³-hybridized carbons (Fsp3) is 0.474. The average Bonchev–Trinajstić information content (AvgIpc) is 3.38. The normalized spacial score (nSPS) is 25.0. The van der Waals surface area contributed by atoms with Gasteiger partial charge in [-0.3, -0.25) is 9.59 Å². The molecule has 2 heterocycles. The summed E-state index contributed by atoms with van der Waals surface area (Å²) < 4.78 is 10.9. The molecule has 1 aliphatic carbocycles. The lowest BCUT2D eigenvalue weighted by atomic mass is 9.92. The van der Waals surface area contributed by atoms with Crippen LogP contribution in [0.2, 0.25) is 0 Å². The van der Waals surface area contributed by atoms with Crippen LogP contribution in [-0.4, -0.2) is 48.7 Å². The van der Waals surface area contributed by atoms with Gasteiger partial charge in [0.25, 0.3) is 5.91 Å². The number of amides is 1. The molecular formula is C19H21NO5. The van der Waals surface area contributed by atoms with E-state index in [1.807, 2.05) is 24.3 Å². The zero-order chi connectivity index (χ0) is 17.6. The van der Waals surface area contributed by atoms with E-state index in [2.05, 4.69) is 0 Å². The molecule has 1 aromatic rings. The van der Waals surface area contributed by atoms with Crippen LogP contribution >= 0.6 is 0 Å². The summed E-state index contributed by atoms with van der Waals surface area (Å²) >= 11 is 0. The molecule has 1 N–H and O–H groups in total. The molecule has 2 fully saturated rings. The predicted molar refractivity (Wildman–Crippen MR) is 90.4 cm³/mol. The minimum absolute atomic E-state index is 0.0824. The number of carbonyl (C=O) groups excluding carboxylic acids is 1. The number of benzene rings is 1. The summed E-state index contributed by atoms with van der Waals surface area (Å²) in [6.45, 7) is 1.03. The molecule has 0 spiro atoms. The molecule has 3 aliphatic rings. The van der Waals surface area contributed by atoms with Crippen molar-refractivity contribution in [2.24, 2.45) is 17.8 Å². The van der Waals surface area contributed by atoms with Crippen molar-refractivity contribution in [3.8, 4) is 11.5 Å². The summed E-state index contributed by atoms with van der Waals surface area (Å²) in [5.41, 5.74) is 1.36. The van der Waals surface area contributed by atoms with Gasteiger partial charge in [-0.2, -0.15) is 0 Å². The smallest absolute Gasteiger partial charge is 0.308 e. The number of rotatable bonds is 4. The van der Waals surface area contributed by atoms with Gasteiger partial charge < -0.3 is 19.5 Å². The summed E-state index contributed by atoms with van der Waals surface area (Å²) in [7, 11) is 1.59. The molecule has 1 amide bonds. The first kappa shape index (κ1) is 16.0. The van der Waals surface area contributed by atoms with Crippen LogP contribution in [0.4, 0.5) is 0 Å². The van der Waals surface area contributed by atoms with Gasteiger partial charge in [-0.15, -0.1) is 0 Å². The molecule has 132 valence electrons. The van der Waals surface area contributed by atoms with E-state index < -0.39 is 11.9 Å². The number of hydrogen-bond donors (Lipinski definition) is 1. The second-order valence-corrected chi connectivity index (χ2v) is 7.02. The Balaban J connectivity index is 1.54. The molecule has 4 rings (SSSR count). The average molecular weight is 343 g/mol. The first-order chi connectivity index (χ1) is 12.1. The van der Waals surface area contributed by atoms with Crippen LogP contribution in [0.5, 0.6) is 11.5 Å². The molecule has 1 saturated carbocycles. The number of ether oxygens (including phenoxy) is 2. The second kappa shape index (κ2) is 6.10. The van der Waals surface area contributed by atoms with Crippen molar-refractivity contribution in [2.45, 2.75) is 12.8 Å². The maximum Gasteiger partial charge on any atom is 0.308 e. The third kappa shape index (κ3) is 2.97. The Kier molecular flexibility index (Phi) is 3.90. The van der Waals surface area contributed by atoms with Gasteiger partial charge in [0.2, 0.25) is 0 Å². The van der Waals surface area contributed by atoms with Gasteiger partial charge in [0.05, 0.1) is 18.6 Å². The molecular weight excluding hydrogens is 322 g/mol. The van der Waals surface area contributed by atoms with E-state index in [0.29, 0.717) is 23.8 Å². The van der Waals surface area contributed by atoms with Crippen molar-refractivity contribution < 1.29 is 24.2 Å². The van der Waals surface area contributed by atoms with Crippen molar-refractivity contribution in [1.29, 1.82) is 0 Å². The fourth-order valence-electron chi connectivity index (χ4n) is 3.87. The van der Waals surface area contributed by atoms with Crippen LogP contribution in [0.1, 0.15) is 18.4 Å². The second-order valence-electron chi connectivity index (χ2n) is 7.02. The molecule has 0 radical (unpaired) electrons. The number of carboxylic acid groups (broad SMARTS) is 1. The van der Waals surface area contributed by atoms with Crippen LogP contribution in [-0.2, 0) is 9.59 Å². The number of nitrogens with zero attached hydrogens (tertiary/aromatic N) is 1. The number of fused-ring (bicyclic) bond motifs is 1. The summed E-state index contributed by atoms with van der Waals surface area (Å²) in [5.74, 6) is 0.596. The van der Waals surface area contributed by atoms with E-state index in [-0.39, 0.29) is 25.0 Å². The van der Waals surface area contributed by atoms with E-state index in [1.54, 1.807) is 12.0 Å². The Bertz CT molecular complexity index is 752. The molecule has 2 atom stereocenters. The van der Waals surface area contributed by atoms with Crippen molar-refractivity contribution >= 4 is 18.0 Å². The molecule has 0 bridgehead atoms. The lowest BCUT2D eigenvalue weighted by molar-refractivity contribution is -0.142. The van der Waals surface area contributed by atoms with Gasteiger partial charge in [-0.25, -0.2) is 0 Å². The number of methoxy groups -OCH3 is 1. The van der Waals surface area contributed by atoms with Gasteiger partial charge in [0.15, 0.2) is 0 Å². The van der Waals surface area contributed by atoms with E-state index in [4.69, 9.17) is 9.47 Å². The Morgan fingerprint density at radius 1 is 1.28 bits per heavy atom. The van der Waals surface area contributed by atoms with Crippen molar-refractivity contribution in [3.05, 3.63) is 29.3 Å². The number of carboxylic acids is 1. The third-order valence-corrected chi connectivity index (χ3v) is 5.40. The summed E-state index contributed by atoms with van der Waals surface area (Å²) in [5, 5.41) is 9.47. The van der Waals surface area contributed by atoms with E-state index >= 15 is 0 Å². The Morgan fingerprint density at radius 3 is 2.76 bits per heavy atom. The molecule has 6 heteroatoms. The zero-order valence-corrected chi connectivity index (χ0v) is 14.1. The van der Waals surface area contributed by atoms with Gasteiger partial charge >= 0.3 is 5.97 Å². The van der Waals surface area contributed by atoms with Crippen LogP contribution in [0.3, 0.4) is 0 Å². The molecule has 2 aliphatic heterocycles. The highest BCUT2D eigenvalue weighted by molar-refractivity contribution is 5.99. The minimum Gasteiger partial charge on any atom is -0.497 e. The summed E-state index contributed by atoms with van der Waals surface area (Å²) in [4.78, 5) is 26.1. The SMILES string of the molecule is COc1ccc2c(c1)C=C(C(=O)N1C[C@H](C(=O)O)[C@@H](C3CC3)C1)CO2. The highest BCUT2D eigenvalue weighted by Crippen LogP contribution is 2.44. The minimum atomic E-state index is -0.795. The number of carbonyl (C=O) groups is 2. The molecule has 1 aromatic carbocycles. The van der Waals surface area contributed by atoms with Gasteiger partial charge in [-0.05, 0) is 49.0 Å². The third-order valence-electron chi connectivity index (χ3n) is 5.40. The van der Waals surface area contributed by atoms with E-state index in [0.717, 1.165) is 24.2 Å². The van der Waals surface area contributed by atoms with Crippen molar-refractivity contribution in [2.75, 3.05) is 26.8 Å². The summed E-state index contributed by atoms with van der Waals surface area (Å²) in [6.07, 6.45) is 3.98.